The Morgan fingerprint density at radius 1 is 1.16 bits per heavy atom. The van der Waals surface area contributed by atoms with E-state index in [-0.39, 0.29) is 19.5 Å². The van der Waals surface area contributed by atoms with Gasteiger partial charge in [-0.3, -0.25) is 4.90 Å². The van der Waals surface area contributed by atoms with Crippen LogP contribution in [0.25, 0.3) is 0 Å². The molecule has 0 aromatic heterocycles. The minimum atomic E-state index is -0.164. The summed E-state index contributed by atoms with van der Waals surface area (Å²) >= 11 is 0. The highest BCUT2D eigenvalue weighted by molar-refractivity contribution is 5.19. The molecule has 142 valence electrons. The van der Waals surface area contributed by atoms with Crippen molar-refractivity contribution < 1.29 is 29.3 Å². The third-order valence-electron chi connectivity index (χ3n) is 4.05. The van der Waals surface area contributed by atoms with E-state index in [4.69, 9.17) is 9.62 Å². The number of hydrogen-bond acceptors (Lipinski definition) is 8. The first-order valence-electron chi connectivity index (χ1n) is 8.46. The molecular formula is C17H28N2O6. The SMILES string of the molecule is CN[C@H](CN1CCC(OCCOOOCOOC)C1)c1ccccc1. The summed E-state index contributed by atoms with van der Waals surface area (Å²) in [5, 5.41) is 7.82. The zero-order valence-corrected chi connectivity index (χ0v) is 14.9. The zero-order valence-electron chi connectivity index (χ0n) is 14.9. The minimum Gasteiger partial charge on any atom is -0.374 e. The van der Waals surface area contributed by atoms with Crippen LogP contribution in [0, 0.1) is 0 Å². The van der Waals surface area contributed by atoms with E-state index in [2.05, 4.69) is 54.2 Å². The van der Waals surface area contributed by atoms with Gasteiger partial charge in [-0.25, -0.2) is 14.7 Å². The fourth-order valence-corrected chi connectivity index (χ4v) is 2.81. The second-order valence-corrected chi connectivity index (χ2v) is 5.70. The molecule has 25 heavy (non-hydrogen) atoms. The van der Waals surface area contributed by atoms with Crippen molar-refractivity contribution in [2.45, 2.75) is 18.6 Å². The number of nitrogens with one attached hydrogen (secondary N) is 1. The van der Waals surface area contributed by atoms with Gasteiger partial charge >= 0.3 is 0 Å². The molecule has 1 aliphatic heterocycles. The summed E-state index contributed by atoms with van der Waals surface area (Å²) in [5.74, 6) is 0. The molecule has 8 nitrogen and oxygen atoms in total. The van der Waals surface area contributed by atoms with Crippen molar-refractivity contribution in [1.29, 1.82) is 0 Å². The molecule has 0 spiro atoms. The van der Waals surface area contributed by atoms with Gasteiger partial charge in [0.2, 0.25) is 6.79 Å². The molecule has 1 aliphatic rings. The zero-order chi connectivity index (χ0) is 17.7. The summed E-state index contributed by atoms with van der Waals surface area (Å²) in [6, 6.07) is 10.8. The average Bonchev–Trinajstić information content (AvgIpc) is 3.10. The van der Waals surface area contributed by atoms with E-state index >= 15 is 0 Å². The lowest BCUT2D eigenvalue weighted by molar-refractivity contribution is -0.546. The number of ether oxygens (including phenoxy) is 1. The van der Waals surface area contributed by atoms with Gasteiger partial charge in [-0.05, 0) is 19.0 Å². The number of nitrogens with zero attached hydrogens (tertiary/aromatic N) is 1. The van der Waals surface area contributed by atoms with Crippen LogP contribution in [0.5, 0.6) is 0 Å². The minimum absolute atomic E-state index is 0.164. The van der Waals surface area contributed by atoms with Gasteiger partial charge in [-0.1, -0.05) is 35.4 Å². The molecule has 1 aromatic rings. The maximum absolute atomic E-state index is 5.80. The van der Waals surface area contributed by atoms with Gasteiger partial charge in [0.05, 0.1) is 19.8 Å². The molecule has 1 fully saturated rings. The van der Waals surface area contributed by atoms with Gasteiger partial charge in [-0.15, -0.1) is 0 Å². The smallest absolute Gasteiger partial charge is 0.217 e. The summed E-state index contributed by atoms with van der Waals surface area (Å²) < 4.78 is 5.80. The number of likely N-dealkylation sites (tertiary alicyclic amines) is 1. The van der Waals surface area contributed by atoms with Crippen molar-refractivity contribution in [3.8, 4) is 0 Å². The lowest BCUT2D eigenvalue weighted by Crippen LogP contribution is -2.33. The van der Waals surface area contributed by atoms with Crippen LogP contribution in [0.3, 0.4) is 0 Å². The van der Waals surface area contributed by atoms with Crippen LogP contribution in [0.4, 0.5) is 0 Å². The molecule has 2 rings (SSSR count). The largest absolute Gasteiger partial charge is 0.374 e. The van der Waals surface area contributed by atoms with Gasteiger partial charge in [-0.2, -0.15) is 4.89 Å². The van der Waals surface area contributed by atoms with Crippen molar-refractivity contribution in [2.75, 3.05) is 53.8 Å². The van der Waals surface area contributed by atoms with Crippen LogP contribution in [0.2, 0.25) is 0 Å². The second-order valence-electron chi connectivity index (χ2n) is 5.70. The molecule has 1 aromatic carbocycles. The normalized spacial score (nSPS) is 19.4. The Bertz CT molecular complexity index is 450. The van der Waals surface area contributed by atoms with Gasteiger partial charge in [0.15, 0.2) is 0 Å². The Labute approximate surface area is 148 Å². The van der Waals surface area contributed by atoms with E-state index in [0.29, 0.717) is 12.6 Å². The quantitative estimate of drug-likeness (QED) is 0.246. The average molecular weight is 356 g/mol. The lowest BCUT2D eigenvalue weighted by atomic mass is 10.1. The molecule has 0 aliphatic carbocycles. The molecule has 0 bridgehead atoms. The van der Waals surface area contributed by atoms with Crippen LogP contribution < -0.4 is 5.32 Å². The predicted octanol–water partition coefficient (Wildman–Crippen LogP) is 1.45. The topological polar surface area (TPSA) is 70.7 Å². The second kappa shape index (κ2) is 12.3. The highest BCUT2D eigenvalue weighted by Crippen LogP contribution is 2.18. The van der Waals surface area contributed by atoms with Gasteiger partial charge in [0, 0.05) is 25.7 Å². The lowest BCUT2D eigenvalue weighted by Gasteiger charge is -2.24. The summed E-state index contributed by atoms with van der Waals surface area (Å²) in [6.07, 6.45) is 1.24. The van der Waals surface area contributed by atoms with Crippen LogP contribution in [0.1, 0.15) is 18.0 Å². The third-order valence-corrected chi connectivity index (χ3v) is 4.05. The first kappa shape index (κ1) is 20.2. The van der Waals surface area contributed by atoms with E-state index in [9.17, 15) is 0 Å². The molecule has 1 unspecified atom stereocenters. The van der Waals surface area contributed by atoms with Crippen molar-refractivity contribution in [1.82, 2.24) is 10.2 Å². The van der Waals surface area contributed by atoms with E-state index in [0.717, 1.165) is 26.1 Å². The van der Waals surface area contributed by atoms with Crippen LogP contribution in [-0.4, -0.2) is 64.8 Å². The Morgan fingerprint density at radius 2 is 2.00 bits per heavy atom. The standard InChI is InChI=1S/C17H28N2O6/c1-18-17(15-6-4-3-5-7-15)13-19-9-8-16(12-19)21-10-11-22-25-24-14-23-20-2/h3-7,16-18H,8-14H2,1-2H3/t16?,17-/m1/s1. The van der Waals surface area contributed by atoms with Crippen LogP contribution >= 0.6 is 0 Å². The predicted molar refractivity (Wildman–Crippen MR) is 90.1 cm³/mol. The van der Waals surface area contributed by atoms with E-state index < -0.39 is 0 Å². The fraction of sp³-hybridized carbons (Fsp3) is 0.647. The van der Waals surface area contributed by atoms with Crippen molar-refractivity contribution in [3.63, 3.8) is 0 Å². The highest BCUT2D eigenvalue weighted by atomic mass is 17.5. The molecule has 0 radical (unpaired) electrons. The molecule has 8 heteroatoms. The Kier molecular flexibility index (Phi) is 9.93. The van der Waals surface area contributed by atoms with Crippen molar-refractivity contribution in [3.05, 3.63) is 35.9 Å². The fourth-order valence-electron chi connectivity index (χ4n) is 2.81. The molecule has 0 amide bonds. The molecular weight excluding hydrogens is 328 g/mol. The monoisotopic (exact) mass is 356 g/mol. The molecule has 1 saturated heterocycles. The molecule has 0 saturated carbocycles. The highest BCUT2D eigenvalue weighted by Gasteiger charge is 2.25. The van der Waals surface area contributed by atoms with E-state index in [1.165, 1.54) is 12.7 Å². The number of likely N-dealkylation sites (N-methyl/N-ethyl adjacent to an activating group) is 1. The molecule has 1 heterocycles. The Balaban J connectivity index is 1.56. The molecule has 1 N–H and O–H groups in total. The van der Waals surface area contributed by atoms with Gasteiger partial charge in [0.1, 0.15) is 6.61 Å². The van der Waals surface area contributed by atoms with Gasteiger partial charge < -0.3 is 10.1 Å². The van der Waals surface area contributed by atoms with E-state index in [1.807, 2.05) is 13.1 Å². The first-order chi connectivity index (χ1) is 12.3. The van der Waals surface area contributed by atoms with E-state index in [1.54, 1.807) is 0 Å². The summed E-state index contributed by atoms with van der Waals surface area (Å²) in [7, 11) is 3.38. The summed E-state index contributed by atoms with van der Waals surface area (Å²) in [6.45, 7) is 3.48. The Hall–Kier alpha value is -1.10. The third kappa shape index (κ3) is 7.76. The number of rotatable bonds is 13. The summed E-state index contributed by atoms with van der Waals surface area (Å²) in [5.41, 5.74) is 1.30. The number of hydrogen-bond donors (Lipinski definition) is 1. The Morgan fingerprint density at radius 3 is 2.76 bits per heavy atom. The number of benzene rings is 1. The van der Waals surface area contributed by atoms with Crippen LogP contribution in [-0.2, 0) is 29.3 Å². The summed E-state index contributed by atoms with van der Waals surface area (Å²) in [4.78, 5) is 20.5. The van der Waals surface area contributed by atoms with Crippen molar-refractivity contribution in [2.24, 2.45) is 0 Å². The maximum atomic E-state index is 5.80. The van der Waals surface area contributed by atoms with Gasteiger partial charge in [0.25, 0.3) is 0 Å². The van der Waals surface area contributed by atoms with Crippen LogP contribution in [0.15, 0.2) is 30.3 Å². The molecule has 2 atom stereocenters. The first-order valence-corrected chi connectivity index (χ1v) is 8.46. The maximum Gasteiger partial charge on any atom is 0.217 e. The van der Waals surface area contributed by atoms with Crippen molar-refractivity contribution >= 4 is 0 Å².